The molecule has 3 nitrogen and oxygen atoms in total. The summed E-state index contributed by atoms with van der Waals surface area (Å²) in [5, 5.41) is 1.32. The van der Waals surface area contributed by atoms with Crippen LogP contribution in [0.5, 0.6) is 0 Å². The number of benzene rings is 2. The Labute approximate surface area is 124 Å². The van der Waals surface area contributed by atoms with Crippen molar-refractivity contribution in [2.45, 2.75) is 13.5 Å². The van der Waals surface area contributed by atoms with Crippen LogP contribution in [-0.2, 0) is 23.2 Å². The quantitative estimate of drug-likeness (QED) is 0.683. The van der Waals surface area contributed by atoms with E-state index in [1.807, 2.05) is 30.3 Å². The number of ether oxygens (including phenoxy) is 1. The summed E-state index contributed by atoms with van der Waals surface area (Å²) in [5.41, 5.74) is 3.64. The third-order valence-electron chi connectivity index (χ3n) is 3.20. The fourth-order valence-electron chi connectivity index (χ4n) is 2.08. The summed E-state index contributed by atoms with van der Waals surface area (Å²) in [7, 11) is 2.07. The standard InChI is InChI=1S/C10H11N.C8H8O2/c1-8-3-4-9-5-6-11(2)10(9)7-8;9-7-10-6-8-4-2-1-3-5-8/h3-7H,1-2H3;1-5,7H,6H2. The normalized spacial score (nSPS) is 9.81. The average molecular weight is 281 g/mol. The number of hydrogen-bond donors (Lipinski definition) is 0. The molecular formula is C18H19NO2. The Morgan fingerprint density at radius 3 is 2.57 bits per heavy atom. The number of fused-ring (bicyclic) bond motifs is 1. The molecule has 2 aromatic carbocycles. The second kappa shape index (κ2) is 7.29. The van der Waals surface area contributed by atoms with Crippen LogP contribution in [0.1, 0.15) is 11.1 Å². The minimum Gasteiger partial charge on any atom is -0.463 e. The first-order chi connectivity index (χ1) is 10.2. The SMILES string of the molecule is Cc1ccc2ccn(C)c2c1.O=COCc1ccccc1. The Balaban J connectivity index is 0.000000155. The summed E-state index contributed by atoms with van der Waals surface area (Å²) in [5.74, 6) is 0. The Kier molecular flexibility index (Phi) is 5.16. The minimum atomic E-state index is 0.365. The molecule has 0 atom stereocenters. The predicted octanol–water partition coefficient (Wildman–Crippen LogP) is 3.85. The lowest BCUT2D eigenvalue weighted by Gasteiger charge is -1.96. The maximum atomic E-state index is 9.76. The predicted molar refractivity (Wildman–Crippen MR) is 85.0 cm³/mol. The summed E-state index contributed by atoms with van der Waals surface area (Å²) in [6, 6.07) is 18.2. The molecule has 0 N–H and O–H groups in total. The lowest BCUT2D eigenvalue weighted by molar-refractivity contribution is -0.129. The van der Waals surface area contributed by atoms with Crippen molar-refractivity contribution in [2.75, 3.05) is 0 Å². The fraction of sp³-hybridized carbons (Fsp3) is 0.167. The molecule has 0 unspecified atom stereocenters. The highest BCUT2D eigenvalue weighted by atomic mass is 16.5. The van der Waals surface area contributed by atoms with Gasteiger partial charge in [-0.05, 0) is 35.6 Å². The van der Waals surface area contributed by atoms with Crippen molar-refractivity contribution in [1.29, 1.82) is 0 Å². The molecule has 0 aliphatic heterocycles. The fourth-order valence-corrected chi connectivity index (χ4v) is 2.08. The molecule has 1 aromatic heterocycles. The van der Waals surface area contributed by atoms with Crippen molar-refractivity contribution in [3.63, 3.8) is 0 Å². The molecule has 0 saturated carbocycles. The van der Waals surface area contributed by atoms with Gasteiger partial charge in [0.05, 0.1) is 0 Å². The molecule has 0 bridgehead atoms. The van der Waals surface area contributed by atoms with Crippen molar-refractivity contribution < 1.29 is 9.53 Å². The van der Waals surface area contributed by atoms with Gasteiger partial charge >= 0.3 is 0 Å². The number of carbonyl (C=O) groups is 1. The molecule has 0 radical (unpaired) electrons. The van der Waals surface area contributed by atoms with Crippen molar-refractivity contribution in [3.05, 3.63) is 71.9 Å². The molecule has 0 amide bonds. The van der Waals surface area contributed by atoms with E-state index in [1.54, 1.807) is 0 Å². The molecule has 3 heteroatoms. The third kappa shape index (κ3) is 4.21. The van der Waals surface area contributed by atoms with E-state index in [0.717, 1.165) is 5.56 Å². The molecule has 0 saturated heterocycles. The van der Waals surface area contributed by atoms with Gasteiger partial charge in [-0.15, -0.1) is 0 Å². The summed E-state index contributed by atoms with van der Waals surface area (Å²) in [4.78, 5) is 9.76. The van der Waals surface area contributed by atoms with E-state index in [2.05, 4.69) is 53.7 Å². The zero-order valence-electron chi connectivity index (χ0n) is 12.3. The van der Waals surface area contributed by atoms with E-state index in [0.29, 0.717) is 13.1 Å². The van der Waals surface area contributed by atoms with Crippen LogP contribution in [-0.4, -0.2) is 11.0 Å². The molecule has 3 rings (SSSR count). The van der Waals surface area contributed by atoms with E-state index < -0.39 is 0 Å². The van der Waals surface area contributed by atoms with Gasteiger partial charge in [-0.1, -0.05) is 42.5 Å². The second-order valence-electron chi connectivity index (χ2n) is 4.88. The first kappa shape index (κ1) is 14.9. The van der Waals surface area contributed by atoms with Gasteiger partial charge in [-0.3, -0.25) is 4.79 Å². The summed E-state index contributed by atoms with van der Waals surface area (Å²) >= 11 is 0. The monoisotopic (exact) mass is 281 g/mol. The first-order valence-electron chi connectivity index (χ1n) is 6.81. The van der Waals surface area contributed by atoms with Crippen molar-refractivity contribution in [3.8, 4) is 0 Å². The van der Waals surface area contributed by atoms with Crippen LogP contribution in [0.2, 0.25) is 0 Å². The number of aryl methyl sites for hydroxylation is 2. The zero-order valence-corrected chi connectivity index (χ0v) is 12.3. The molecule has 3 aromatic rings. The highest BCUT2D eigenvalue weighted by Gasteiger charge is 1.95. The van der Waals surface area contributed by atoms with Crippen LogP contribution in [0.3, 0.4) is 0 Å². The maximum absolute atomic E-state index is 9.76. The Bertz CT molecular complexity index is 702. The Morgan fingerprint density at radius 2 is 1.86 bits per heavy atom. The topological polar surface area (TPSA) is 31.2 Å². The first-order valence-corrected chi connectivity index (χ1v) is 6.81. The van der Waals surface area contributed by atoms with Crippen molar-refractivity contribution in [2.24, 2.45) is 7.05 Å². The molecule has 21 heavy (non-hydrogen) atoms. The Morgan fingerprint density at radius 1 is 1.10 bits per heavy atom. The van der Waals surface area contributed by atoms with Gasteiger partial charge in [0.15, 0.2) is 0 Å². The molecule has 0 aliphatic carbocycles. The summed E-state index contributed by atoms with van der Waals surface area (Å²) in [6.45, 7) is 2.93. The maximum Gasteiger partial charge on any atom is 0.293 e. The van der Waals surface area contributed by atoms with Crippen molar-refractivity contribution in [1.82, 2.24) is 4.57 Å². The number of carbonyl (C=O) groups excluding carboxylic acids is 1. The Hall–Kier alpha value is -2.55. The van der Waals surface area contributed by atoms with E-state index in [-0.39, 0.29) is 0 Å². The summed E-state index contributed by atoms with van der Waals surface area (Å²) < 4.78 is 6.68. The molecule has 108 valence electrons. The summed E-state index contributed by atoms with van der Waals surface area (Å²) in [6.07, 6.45) is 2.09. The minimum absolute atomic E-state index is 0.365. The third-order valence-corrected chi connectivity index (χ3v) is 3.20. The van der Waals surface area contributed by atoms with Crippen LogP contribution in [0, 0.1) is 6.92 Å². The van der Waals surface area contributed by atoms with Gasteiger partial charge in [0.2, 0.25) is 0 Å². The molecule has 0 fully saturated rings. The zero-order chi connectivity index (χ0) is 15.1. The number of nitrogens with zero attached hydrogens (tertiary/aromatic N) is 1. The lowest BCUT2D eigenvalue weighted by Crippen LogP contribution is -1.88. The van der Waals surface area contributed by atoms with Crippen LogP contribution in [0.4, 0.5) is 0 Å². The highest BCUT2D eigenvalue weighted by Crippen LogP contribution is 2.15. The van der Waals surface area contributed by atoms with Crippen LogP contribution < -0.4 is 0 Å². The number of hydrogen-bond acceptors (Lipinski definition) is 2. The molecule has 0 aliphatic rings. The van der Waals surface area contributed by atoms with Gasteiger partial charge in [0, 0.05) is 18.8 Å². The molecule has 0 spiro atoms. The van der Waals surface area contributed by atoms with E-state index in [1.165, 1.54) is 16.5 Å². The molecule has 1 heterocycles. The van der Waals surface area contributed by atoms with Crippen molar-refractivity contribution >= 4 is 17.4 Å². The highest BCUT2D eigenvalue weighted by molar-refractivity contribution is 5.80. The average Bonchev–Trinajstić information content (AvgIpc) is 2.88. The number of aromatic nitrogens is 1. The van der Waals surface area contributed by atoms with E-state index in [4.69, 9.17) is 0 Å². The van der Waals surface area contributed by atoms with Crippen LogP contribution in [0.15, 0.2) is 60.8 Å². The van der Waals surface area contributed by atoms with Gasteiger partial charge < -0.3 is 9.30 Å². The largest absolute Gasteiger partial charge is 0.463 e. The molecular weight excluding hydrogens is 262 g/mol. The van der Waals surface area contributed by atoms with Gasteiger partial charge in [0.25, 0.3) is 6.47 Å². The van der Waals surface area contributed by atoms with E-state index >= 15 is 0 Å². The van der Waals surface area contributed by atoms with Gasteiger partial charge in [-0.2, -0.15) is 0 Å². The van der Waals surface area contributed by atoms with Gasteiger partial charge in [0.1, 0.15) is 6.61 Å². The number of rotatable bonds is 3. The lowest BCUT2D eigenvalue weighted by atomic mass is 10.2. The smallest absolute Gasteiger partial charge is 0.293 e. The van der Waals surface area contributed by atoms with Crippen LogP contribution >= 0.6 is 0 Å². The van der Waals surface area contributed by atoms with Gasteiger partial charge in [-0.25, -0.2) is 0 Å². The second-order valence-corrected chi connectivity index (χ2v) is 4.88. The van der Waals surface area contributed by atoms with E-state index in [9.17, 15) is 4.79 Å². The van der Waals surface area contributed by atoms with Crippen LogP contribution in [0.25, 0.3) is 10.9 Å².